The Kier molecular flexibility index (Phi) is 3.50. The van der Waals surface area contributed by atoms with Crippen LogP contribution in [0.1, 0.15) is 50.8 Å². The van der Waals surface area contributed by atoms with Gasteiger partial charge >= 0.3 is 0 Å². The summed E-state index contributed by atoms with van der Waals surface area (Å²) in [5.74, 6) is 2.61. The van der Waals surface area contributed by atoms with Gasteiger partial charge in [-0.2, -0.15) is 4.98 Å². The van der Waals surface area contributed by atoms with Crippen LogP contribution in [-0.2, 0) is 0 Å². The van der Waals surface area contributed by atoms with Crippen molar-refractivity contribution in [3.8, 4) is 0 Å². The number of aromatic nitrogens is 3. The molecule has 2 aliphatic rings. The molecule has 5 nitrogen and oxygen atoms in total. The fourth-order valence-electron chi connectivity index (χ4n) is 3.08. The topological polar surface area (TPSA) is 56.8 Å². The standard InChI is InChI=1S/C13H23N5/c1-10-9-18(8-7-14-10)13-15-12(16-17-13)11-5-3-2-4-6-11/h10-11,14H,2-9H2,1H3,(H,15,16,17)/t10-/m1/s1. The maximum absolute atomic E-state index is 4.72. The third-order valence-electron chi connectivity index (χ3n) is 4.13. The van der Waals surface area contributed by atoms with Crippen molar-refractivity contribution in [2.45, 2.75) is 51.0 Å². The molecule has 2 N–H and O–H groups in total. The molecule has 2 heterocycles. The number of H-pyrrole nitrogens is 1. The Hall–Kier alpha value is -1.10. The van der Waals surface area contributed by atoms with Crippen LogP contribution in [0.5, 0.6) is 0 Å². The molecule has 1 saturated heterocycles. The molecule has 1 aromatic heterocycles. The van der Waals surface area contributed by atoms with Crippen molar-refractivity contribution in [2.75, 3.05) is 24.5 Å². The van der Waals surface area contributed by atoms with Gasteiger partial charge < -0.3 is 10.2 Å². The Bertz CT molecular complexity index is 382. The van der Waals surface area contributed by atoms with Crippen LogP contribution in [0.2, 0.25) is 0 Å². The van der Waals surface area contributed by atoms with E-state index in [-0.39, 0.29) is 0 Å². The molecule has 1 aliphatic heterocycles. The summed E-state index contributed by atoms with van der Waals surface area (Å²) in [7, 11) is 0. The molecular weight excluding hydrogens is 226 g/mol. The maximum Gasteiger partial charge on any atom is 0.244 e. The lowest BCUT2D eigenvalue weighted by Crippen LogP contribution is -2.49. The van der Waals surface area contributed by atoms with E-state index in [0.29, 0.717) is 12.0 Å². The summed E-state index contributed by atoms with van der Waals surface area (Å²) < 4.78 is 0. The Labute approximate surface area is 108 Å². The zero-order valence-electron chi connectivity index (χ0n) is 11.2. The number of anilines is 1. The van der Waals surface area contributed by atoms with E-state index in [1.165, 1.54) is 32.1 Å². The van der Waals surface area contributed by atoms with E-state index in [2.05, 4.69) is 27.3 Å². The van der Waals surface area contributed by atoms with Crippen molar-refractivity contribution < 1.29 is 0 Å². The fourth-order valence-corrected chi connectivity index (χ4v) is 3.08. The number of hydrogen-bond donors (Lipinski definition) is 2. The number of nitrogens with zero attached hydrogens (tertiary/aromatic N) is 3. The van der Waals surface area contributed by atoms with Crippen LogP contribution in [0.15, 0.2) is 0 Å². The summed E-state index contributed by atoms with van der Waals surface area (Å²) in [5.41, 5.74) is 0. The molecule has 2 fully saturated rings. The second-order valence-electron chi connectivity index (χ2n) is 5.66. The second-order valence-corrected chi connectivity index (χ2v) is 5.66. The zero-order chi connectivity index (χ0) is 12.4. The molecule has 1 atom stereocenters. The molecule has 0 aromatic carbocycles. The maximum atomic E-state index is 4.72. The summed E-state index contributed by atoms with van der Waals surface area (Å²) in [6.07, 6.45) is 6.60. The molecule has 5 heteroatoms. The van der Waals surface area contributed by atoms with Gasteiger partial charge in [0.1, 0.15) is 5.82 Å². The van der Waals surface area contributed by atoms with Gasteiger partial charge in [0.25, 0.3) is 0 Å². The van der Waals surface area contributed by atoms with E-state index in [0.717, 1.165) is 31.4 Å². The largest absolute Gasteiger partial charge is 0.337 e. The van der Waals surface area contributed by atoms with Crippen LogP contribution in [0.4, 0.5) is 5.95 Å². The van der Waals surface area contributed by atoms with Crippen molar-refractivity contribution in [3.05, 3.63) is 5.82 Å². The highest BCUT2D eigenvalue weighted by molar-refractivity contribution is 5.30. The van der Waals surface area contributed by atoms with E-state index >= 15 is 0 Å². The van der Waals surface area contributed by atoms with Gasteiger partial charge in [-0.15, -0.1) is 5.10 Å². The molecule has 0 bridgehead atoms. The van der Waals surface area contributed by atoms with Gasteiger partial charge in [0.05, 0.1) is 0 Å². The highest BCUT2D eigenvalue weighted by atomic mass is 15.4. The van der Waals surface area contributed by atoms with Crippen molar-refractivity contribution in [1.29, 1.82) is 0 Å². The van der Waals surface area contributed by atoms with Gasteiger partial charge in [0.2, 0.25) is 5.95 Å². The molecule has 1 aromatic rings. The second kappa shape index (κ2) is 5.26. The van der Waals surface area contributed by atoms with Gasteiger partial charge in [-0.3, -0.25) is 5.10 Å². The lowest BCUT2D eigenvalue weighted by atomic mass is 9.89. The average molecular weight is 249 g/mol. The number of rotatable bonds is 2. The molecular formula is C13H23N5. The van der Waals surface area contributed by atoms with Gasteiger partial charge in [0, 0.05) is 31.6 Å². The predicted molar refractivity (Wildman–Crippen MR) is 71.9 cm³/mol. The molecule has 18 heavy (non-hydrogen) atoms. The Morgan fingerprint density at radius 3 is 2.83 bits per heavy atom. The highest BCUT2D eigenvalue weighted by Gasteiger charge is 2.23. The van der Waals surface area contributed by atoms with Crippen molar-refractivity contribution in [1.82, 2.24) is 20.5 Å². The van der Waals surface area contributed by atoms with Crippen molar-refractivity contribution in [2.24, 2.45) is 0 Å². The molecule has 0 amide bonds. The Morgan fingerprint density at radius 1 is 1.22 bits per heavy atom. The first-order chi connectivity index (χ1) is 8.83. The number of nitrogens with one attached hydrogen (secondary N) is 2. The summed E-state index contributed by atoms with van der Waals surface area (Å²) in [6.45, 7) is 5.24. The smallest absolute Gasteiger partial charge is 0.244 e. The van der Waals surface area contributed by atoms with Crippen LogP contribution >= 0.6 is 0 Å². The van der Waals surface area contributed by atoms with Gasteiger partial charge in [-0.1, -0.05) is 19.3 Å². The highest BCUT2D eigenvalue weighted by Crippen LogP contribution is 2.31. The van der Waals surface area contributed by atoms with E-state index < -0.39 is 0 Å². The SMILES string of the molecule is C[C@@H]1CN(c2n[nH]c(C3CCCCC3)n2)CCN1. The predicted octanol–water partition coefficient (Wildman–Crippen LogP) is 1.65. The van der Waals surface area contributed by atoms with E-state index in [4.69, 9.17) is 4.98 Å². The third-order valence-corrected chi connectivity index (χ3v) is 4.13. The van der Waals surface area contributed by atoms with E-state index in [9.17, 15) is 0 Å². The van der Waals surface area contributed by atoms with Crippen LogP contribution in [0, 0.1) is 0 Å². The quantitative estimate of drug-likeness (QED) is 0.837. The van der Waals surface area contributed by atoms with Crippen molar-refractivity contribution in [3.63, 3.8) is 0 Å². The van der Waals surface area contributed by atoms with Crippen LogP contribution in [0.25, 0.3) is 0 Å². The number of piperazine rings is 1. The third kappa shape index (κ3) is 2.51. The van der Waals surface area contributed by atoms with Crippen LogP contribution in [-0.4, -0.2) is 40.9 Å². The van der Waals surface area contributed by atoms with Crippen molar-refractivity contribution >= 4 is 5.95 Å². The van der Waals surface area contributed by atoms with Crippen LogP contribution in [0.3, 0.4) is 0 Å². The molecule has 0 unspecified atom stereocenters. The molecule has 1 saturated carbocycles. The summed E-state index contributed by atoms with van der Waals surface area (Å²) >= 11 is 0. The lowest BCUT2D eigenvalue weighted by Gasteiger charge is -2.30. The van der Waals surface area contributed by atoms with E-state index in [1.54, 1.807) is 0 Å². The van der Waals surface area contributed by atoms with E-state index in [1.807, 2.05) is 0 Å². The average Bonchev–Trinajstić information content (AvgIpc) is 2.89. The number of aromatic amines is 1. The minimum atomic E-state index is 0.524. The first-order valence-electron chi connectivity index (χ1n) is 7.23. The fraction of sp³-hybridized carbons (Fsp3) is 0.846. The molecule has 0 spiro atoms. The summed E-state index contributed by atoms with van der Waals surface area (Å²) in [4.78, 5) is 7.01. The van der Waals surface area contributed by atoms with Crippen LogP contribution < -0.4 is 10.2 Å². The molecule has 100 valence electrons. The summed E-state index contributed by atoms with van der Waals surface area (Å²) in [5, 5.41) is 11.0. The molecule has 1 aliphatic carbocycles. The monoisotopic (exact) mass is 249 g/mol. The zero-order valence-corrected chi connectivity index (χ0v) is 11.2. The normalized spacial score (nSPS) is 26.5. The molecule has 0 radical (unpaired) electrons. The lowest BCUT2D eigenvalue weighted by molar-refractivity contribution is 0.429. The van der Waals surface area contributed by atoms with Gasteiger partial charge in [-0.05, 0) is 19.8 Å². The van der Waals surface area contributed by atoms with Gasteiger partial charge in [-0.25, -0.2) is 0 Å². The minimum Gasteiger partial charge on any atom is -0.337 e. The summed E-state index contributed by atoms with van der Waals surface area (Å²) in [6, 6.07) is 0.524. The Morgan fingerprint density at radius 2 is 2.06 bits per heavy atom. The number of hydrogen-bond acceptors (Lipinski definition) is 4. The first-order valence-corrected chi connectivity index (χ1v) is 7.23. The first kappa shape index (κ1) is 12.0. The molecule has 3 rings (SSSR count). The Balaban J connectivity index is 1.68. The minimum absolute atomic E-state index is 0.524. The van der Waals surface area contributed by atoms with Gasteiger partial charge in [0.15, 0.2) is 0 Å².